The summed E-state index contributed by atoms with van der Waals surface area (Å²) in [6.45, 7) is 8.75. The highest BCUT2D eigenvalue weighted by Gasteiger charge is 2.29. The number of rotatable bonds is 4. The lowest BCUT2D eigenvalue weighted by Crippen LogP contribution is -2.40. The van der Waals surface area contributed by atoms with E-state index in [1.54, 1.807) is 0 Å². The number of hydrogen-bond donors (Lipinski definition) is 2. The molecule has 3 nitrogen and oxygen atoms in total. The zero-order valence-corrected chi connectivity index (χ0v) is 11.6. The van der Waals surface area contributed by atoms with Crippen LogP contribution in [0.2, 0.25) is 0 Å². The van der Waals surface area contributed by atoms with Gasteiger partial charge in [-0.15, -0.1) is 0 Å². The molecule has 1 aliphatic carbocycles. The van der Waals surface area contributed by atoms with Gasteiger partial charge in [-0.2, -0.15) is 0 Å². The van der Waals surface area contributed by atoms with E-state index in [1.807, 2.05) is 13.8 Å². The fourth-order valence-electron chi connectivity index (χ4n) is 2.75. The van der Waals surface area contributed by atoms with Crippen molar-refractivity contribution >= 4 is 5.91 Å². The average molecular weight is 241 g/mol. The molecule has 2 N–H and O–H groups in total. The van der Waals surface area contributed by atoms with E-state index in [0.29, 0.717) is 18.4 Å². The van der Waals surface area contributed by atoms with Crippen molar-refractivity contribution in [3.05, 3.63) is 0 Å². The van der Waals surface area contributed by atoms with Crippen LogP contribution >= 0.6 is 0 Å². The number of hydrogen-bond acceptors (Lipinski definition) is 2. The first-order valence-corrected chi connectivity index (χ1v) is 6.86. The van der Waals surface area contributed by atoms with Gasteiger partial charge in [0.25, 0.3) is 0 Å². The largest absolute Gasteiger partial charge is 0.391 e. The molecular weight excluding hydrogens is 214 g/mol. The van der Waals surface area contributed by atoms with Crippen molar-refractivity contribution in [2.45, 2.75) is 53.1 Å². The van der Waals surface area contributed by atoms with Crippen LogP contribution in [-0.2, 0) is 4.79 Å². The molecule has 0 aromatic rings. The Morgan fingerprint density at radius 1 is 1.24 bits per heavy atom. The number of aliphatic hydroxyl groups is 1. The first-order valence-electron chi connectivity index (χ1n) is 6.86. The second-order valence-corrected chi connectivity index (χ2v) is 6.17. The molecule has 3 atom stereocenters. The summed E-state index contributed by atoms with van der Waals surface area (Å²) in [4.78, 5) is 12.0. The molecule has 100 valence electrons. The van der Waals surface area contributed by atoms with E-state index in [2.05, 4.69) is 19.2 Å². The number of carbonyl (C=O) groups is 1. The van der Waals surface area contributed by atoms with Crippen LogP contribution in [0.25, 0.3) is 0 Å². The predicted molar refractivity (Wildman–Crippen MR) is 69.5 cm³/mol. The van der Waals surface area contributed by atoms with Crippen LogP contribution in [0.1, 0.15) is 47.0 Å². The van der Waals surface area contributed by atoms with Gasteiger partial charge in [0, 0.05) is 12.5 Å². The molecule has 1 amide bonds. The van der Waals surface area contributed by atoms with Crippen LogP contribution in [0.15, 0.2) is 0 Å². The standard InChI is InChI=1S/C14H27NO2/c1-9(2)13(16)8-15-14(17)12-6-10(3)5-11(4)7-12/h9-13,16H,5-8H2,1-4H3,(H,15,17). The highest BCUT2D eigenvalue weighted by atomic mass is 16.3. The predicted octanol–water partition coefficient (Wildman–Crippen LogP) is 2.19. The molecule has 3 unspecified atom stereocenters. The van der Waals surface area contributed by atoms with E-state index in [4.69, 9.17) is 0 Å². The summed E-state index contributed by atoms with van der Waals surface area (Å²) in [5.41, 5.74) is 0. The Morgan fingerprint density at radius 3 is 2.24 bits per heavy atom. The maximum atomic E-state index is 12.0. The molecule has 17 heavy (non-hydrogen) atoms. The Morgan fingerprint density at radius 2 is 1.76 bits per heavy atom. The van der Waals surface area contributed by atoms with E-state index < -0.39 is 6.10 Å². The van der Waals surface area contributed by atoms with E-state index in [-0.39, 0.29) is 17.7 Å². The first kappa shape index (κ1) is 14.5. The minimum atomic E-state index is -0.433. The molecule has 0 heterocycles. The van der Waals surface area contributed by atoms with E-state index in [0.717, 1.165) is 12.8 Å². The van der Waals surface area contributed by atoms with Gasteiger partial charge in [0.15, 0.2) is 0 Å². The SMILES string of the molecule is CC1CC(C)CC(C(=O)NCC(O)C(C)C)C1. The Hall–Kier alpha value is -0.570. The molecule has 0 bridgehead atoms. The maximum Gasteiger partial charge on any atom is 0.223 e. The number of aliphatic hydroxyl groups excluding tert-OH is 1. The summed E-state index contributed by atoms with van der Waals surface area (Å²) in [6.07, 6.45) is 2.79. The quantitative estimate of drug-likeness (QED) is 0.792. The van der Waals surface area contributed by atoms with Crippen molar-refractivity contribution in [1.82, 2.24) is 5.32 Å². The fraction of sp³-hybridized carbons (Fsp3) is 0.929. The molecule has 0 saturated heterocycles. The Kier molecular flexibility index (Phi) is 5.44. The second-order valence-electron chi connectivity index (χ2n) is 6.17. The van der Waals surface area contributed by atoms with Gasteiger partial charge in [-0.1, -0.05) is 27.7 Å². The Bertz CT molecular complexity index is 243. The molecule has 0 radical (unpaired) electrons. The molecule has 0 aromatic heterocycles. The average Bonchev–Trinajstić information content (AvgIpc) is 2.23. The van der Waals surface area contributed by atoms with Crippen LogP contribution < -0.4 is 5.32 Å². The molecule has 0 aliphatic heterocycles. The topological polar surface area (TPSA) is 49.3 Å². The Labute approximate surface area is 105 Å². The van der Waals surface area contributed by atoms with Crippen molar-refractivity contribution < 1.29 is 9.90 Å². The monoisotopic (exact) mass is 241 g/mol. The van der Waals surface area contributed by atoms with Gasteiger partial charge in [0.05, 0.1) is 6.10 Å². The Balaban J connectivity index is 2.37. The normalized spacial score (nSPS) is 31.3. The fourth-order valence-corrected chi connectivity index (χ4v) is 2.75. The molecule has 3 heteroatoms. The second kappa shape index (κ2) is 6.39. The molecule has 0 spiro atoms. The van der Waals surface area contributed by atoms with Crippen LogP contribution in [0.4, 0.5) is 0 Å². The highest BCUT2D eigenvalue weighted by Crippen LogP contribution is 2.32. The number of amides is 1. The lowest BCUT2D eigenvalue weighted by Gasteiger charge is -2.30. The third-order valence-corrected chi connectivity index (χ3v) is 3.80. The molecule has 1 fully saturated rings. The molecule has 1 aliphatic rings. The van der Waals surface area contributed by atoms with Crippen LogP contribution in [-0.4, -0.2) is 23.7 Å². The summed E-state index contributed by atoms with van der Waals surface area (Å²) < 4.78 is 0. The maximum absolute atomic E-state index is 12.0. The zero-order valence-electron chi connectivity index (χ0n) is 11.6. The lowest BCUT2D eigenvalue weighted by atomic mass is 9.76. The van der Waals surface area contributed by atoms with Gasteiger partial charge in [-0.3, -0.25) is 4.79 Å². The van der Waals surface area contributed by atoms with Crippen molar-refractivity contribution in [3.8, 4) is 0 Å². The van der Waals surface area contributed by atoms with Gasteiger partial charge in [-0.25, -0.2) is 0 Å². The summed E-state index contributed by atoms with van der Waals surface area (Å²) in [7, 11) is 0. The number of nitrogens with one attached hydrogen (secondary N) is 1. The summed E-state index contributed by atoms with van der Waals surface area (Å²) in [5, 5.41) is 12.5. The van der Waals surface area contributed by atoms with Gasteiger partial charge < -0.3 is 10.4 Å². The van der Waals surface area contributed by atoms with Gasteiger partial charge >= 0.3 is 0 Å². The van der Waals surface area contributed by atoms with Crippen molar-refractivity contribution in [2.24, 2.45) is 23.7 Å². The van der Waals surface area contributed by atoms with E-state index in [9.17, 15) is 9.90 Å². The lowest BCUT2D eigenvalue weighted by molar-refractivity contribution is -0.127. The summed E-state index contributed by atoms with van der Waals surface area (Å²) in [6, 6.07) is 0. The smallest absolute Gasteiger partial charge is 0.223 e. The van der Waals surface area contributed by atoms with Gasteiger partial charge in [-0.05, 0) is 37.0 Å². The molecular formula is C14H27NO2. The van der Waals surface area contributed by atoms with Crippen molar-refractivity contribution in [1.29, 1.82) is 0 Å². The third kappa shape index (κ3) is 4.66. The molecule has 1 saturated carbocycles. The highest BCUT2D eigenvalue weighted by molar-refractivity contribution is 5.78. The van der Waals surface area contributed by atoms with E-state index in [1.165, 1.54) is 6.42 Å². The summed E-state index contributed by atoms with van der Waals surface area (Å²) in [5.74, 6) is 1.75. The summed E-state index contributed by atoms with van der Waals surface area (Å²) >= 11 is 0. The van der Waals surface area contributed by atoms with E-state index >= 15 is 0 Å². The molecule has 1 rings (SSSR count). The minimum absolute atomic E-state index is 0.128. The zero-order chi connectivity index (χ0) is 13.0. The number of carbonyl (C=O) groups excluding carboxylic acids is 1. The van der Waals surface area contributed by atoms with Crippen molar-refractivity contribution in [3.63, 3.8) is 0 Å². The van der Waals surface area contributed by atoms with Crippen LogP contribution in [0, 0.1) is 23.7 Å². The molecule has 0 aromatic carbocycles. The first-order chi connectivity index (χ1) is 7.90. The minimum Gasteiger partial charge on any atom is -0.391 e. The van der Waals surface area contributed by atoms with Crippen molar-refractivity contribution in [2.75, 3.05) is 6.54 Å². The van der Waals surface area contributed by atoms with Gasteiger partial charge in [0.1, 0.15) is 0 Å². The van der Waals surface area contributed by atoms with Crippen LogP contribution in [0.3, 0.4) is 0 Å². The third-order valence-electron chi connectivity index (χ3n) is 3.80. The van der Waals surface area contributed by atoms with Gasteiger partial charge in [0.2, 0.25) is 5.91 Å². The van der Waals surface area contributed by atoms with Crippen LogP contribution in [0.5, 0.6) is 0 Å².